The molecule has 3 amide bonds. The lowest BCUT2D eigenvalue weighted by molar-refractivity contribution is -0.143. The third-order valence-corrected chi connectivity index (χ3v) is 4.45. The molecule has 0 saturated heterocycles. The number of aliphatic imine (C=N–C) groups is 1. The molecule has 0 aromatic rings. The fourth-order valence-corrected chi connectivity index (χ4v) is 2.75. The number of rotatable bonds is 16. The fraction of sp³-hybridized carbons (Fsp3) is 0.684. The van der Waals surface area contributed by atoms with Gasteiger partial charge >= 0.3 is 11.9 Å². The number of nitrogens with one attached hydrogen (secondary N) is 3. The number of aliphatic hydroxyl groups is 1. The minimum Gasteiger partial charge on any atom is -0.481 e. The monoisotopic (exact) mass is 489 g/mol. The molecule has 0 heterocycles. The minimum absolute atomic E-state index is 0.0589. The predicted octanol–water partition coefficient (Wildman–Crippen LogP) is -3.58. The second-order valence-electron chi connectivity index (χ2n) is 7.99. The second-order valence-corrected chi connectivity index (χ2v) is 7.99. The summed E-state index contributed by atoms with van der Waals surface area (Å²) in [6.45, 7) is 2.98. The quantitative estimate of drug-likeness (QED) is 0.0580. The molecule has 0 aliphatic carbocycles. The molecule has 0 radical (unpaired) electrons. The van der Waals surface area contributed by atoms with Gasteiger partial charge in [0.1, 0.15) is 24.2 Å². The molecule has 4 atom stereocenters. The predicted molar refractivity (Wildman–Crippen MR) is 120 cm³/mol. The lowest BCUT2D eigenvalue weighted by Gasteiger charge is -2.25. The SMILES string of the molecule is CC(C)CC(NC(=O)C(N)CO)C(=O)NC(CC(=O)O)C(=O)NC(CCCN=C(N)N)C(=O)O. The van der Waals surface area contributed by atoms with E-state index in [4.69, 9.17) is 27.4 Å². The van der Waals surface area contributed by atoms with Crippen molar-refractivity contribution >= 4 is 35.6 Å². The highest BCUT2D eigenvalue weighted by Gasteiger charge is 2.31. The van der Waals surface area contributed by atoms with Crippen molar-refractivity contribution in [2.75, 3.05) is 13.2 Å². The van der Waals surface area contributed by atoms with Gasteiger partial charge in [0, 0.05) is 6.54 Å². The summed E-state index contributed by atoms with van der Waals surface area (Å²) in [5.74, 6) is -5.78. The number of aliphatic carboxylic acids is 2. The van der Waals surface area contributed by atoms with Crippen LogP contribution in [-0.2, 0) is 24.0 Å². The van der Waals surface area contributed by atoms with E-state index in [0.717, 1.165) is 0 Å². The van der Waals surface area contributed by atoms with E-state index in [1.54, 1.807) is 13.8 Å². The van der Waals surface area contributed by atoms with E-state index in [1.807, 2.05) is 0 Å². The summed E-state index contributed by atoms with van der Waals surface area (Å²) < 4.78 is 0. The second kappa shape index (κ2) is 15.4. The van der Waals surface area contributed by atoms with E-state index in [1.165, 1.54) is 0 Å². The first kappa shape index (κ1) is 30.5. The largest absolute Gasteiger partial charge is 0.481 e. The maximum atomic E-state index is 12.8. The van der Waals surface area contributed by atoms with Crippen molar-refractivity contribution < 1.29 is 39.3 Å². The maximum absolute atomic E-state index is 12.8. The highest BCUT2D eigenvalue weighted by molar-refractivity contribution is 5.95. The number of nitrogens with zero attached hydrogens (tertiary/aromatic N) is 1. The van der Waals surface area contributed by atoms with Crippen LogP contribution in [-0.4, -0.2) is 88.3 Å². The van der Waals surface area contributed by atoms with Crippen LogP contribution in [0.4, 0.5) is 0 Å². The molecular weight excluding hydrogens is 454 g/mol. The molecule has 12 N–H and O–H groups in total. The Hall–Kier alpha value is -3.46. The highest BCUT2D eigenvalue weighted by atomic mass is 16.4. The Balaban J connectivity index is 5.43. The number of carbonyl (C=O) groups is 5. The van der Waals surface area contributed by atoms with Crippen LogP contribution in [0.3, 0.4) is 0 Å². The van der Waals surface area contributed by atoms with Crippen LogP contribution >= 0.6 is 0 Å². The van der Waals surface area contributed by atoms with Crippen LogP contribution in [0.5, 0.6) is 0 Å². The summed E-state index contributed by atoms with van der Waals surface area (Å²) in [5.41, 5.74) is 15.8. The van der Waals surface area contributed by atoms with Crippen LogP contribution in [0.2, 0.25) is 0 Å². The van der Waals surface area contributed by atoms with E-state index < -0.39 is 66.9 Å². The first-order valence-electron chi connectivity index (χ1n) is 10.6. The number of guanidine groups is 1. The molecule has 0 aliphatic heterocycles. The summed E-state index contributed by atoms with van der Waals surface area (Å²) >= 11 is 0. The number of nitrogens with two attached hydrogens (primary N) is 3. The lowest BCUT2D eigenvalue weighted by Crippen LogP contribution is -2.58. The van der Waals surface area contributed by atoms with Gasteiger partial charge in [-0.15, -0.1) is 0 Å². The molecule has 34 heavy (non-hydrogen) atoms. The van der Waals surface area contributed by atoms with Gasteiger partial charge in [0.2, 0.25) is 17.7 Å². The van der Waals surface area contributed by atoms with Gasteiger partial charge in [0.25, 0.3) is 0 Å². The molecule has 15 heteroatoms. The van der Waals surface area contributed by atoms with Crippen LogP contribution in [0.15, 0.2) is 4.99 Å². The normalized spacial score (nSPS) is 14.3. The molecule has 0 saturated carbocycles. The van der Waals surface area contributed by atoms with Crippen LogP contribution in [0.1, 0.15) is 39.5 Å². The molecule has 0 spiro atoms. The first-order valence-corrected chi connectivity index (χ1v) is 10.6. The van der Waals surface area contributed by atoms with E-state index in [0.29, 0.717) is 0 Å². The van der Waals surface area contributed by atoms with Gasteiger partial charge in [-0.1, -0.05) is 13.8 Å². The zero-order valence-electron chi connectivity index (χ0n) is 19.2. The van der Waals surface area contributed by atoms with Crippen molar-refractivity contribution in [1.29, 1.82) is 0 Å². The molecule has 0 bridgehead atoms. The molecule has 0 aliphatic rings. The zero-order chi connectivity index (χ0) is 26.4. The topological polar surface area (TPSA) is 273 Å². The van der Waals surface area contributed by atoms with E-state index in [-0.39, 0.29) is 37.7 Å². The van der Waals surface area contributed by atoms with Crippen molar-refractivity contribution in [1.82, 2.24) is 16.0 Å². The number of aliphatic hydroxyl groups excluding tert-OH is 1. The van der Waals surface area contributed by atoms with E-state index in [9.17, 15) is 29.1 Å². The number of carboxylic acid groups (broad SMARTS) is 2. The molecule has 0 aromatic carbocycles. The fourth-order valence-electron chi connectivity index (χ4n) is 2.75. The minimum atomic E-state index is -1.62. The van der Waals surface area contributed by atoms with Crippen molar-refractivity contribution in [3.8, 4) is 0 Å². The van der Waals surface area contributed by atoms with Gasteiger partial charge in [-0.25, -0.2) is 4.79 Å². The number of hydrogen-bond acceptors (Lipinski definition) is 8. The number of carbonyl (C=O) groups excluding carboxylic acids is 3. The van der Waals surface area contributed by atoms with Crippen molar-refractivity contribution in [2.24, 2.45) is 28.1 Å². The Kier molecular flexibility index (Phi) is 13.8. The molecule has 0 rings (SSSR count). The number of carboxylic acids is 2. The molecule has 4 unspecified atom stereocenters. The van der Waals surface area contributed by atoms with Crippen LogP contribution in [0.25, 0.3) is 0 Å². The number of amides is 3. The lowest BCUT2D eigenvalue weighted by atomic mass is 10.0. The number of hydrogen-bond donors (Lipinski definition) is 9. The Labute approximate surface area is 196 Å². The summed E-state index contributed by atoms with van der Waals surface area (Å²) in [7, 11) is 0. The third kappa shape index (κ3) is 12.5. The summed E-state index contributed by atoms with van der Waals surface area (Å²) in [6, 6.07) is -5.47. The molecule has 15 nitrogen and oxygen atoms in total. The highest BCUT2D eigenvalue weighted by Crippen LogP contribution is 2.07. The Bertz CT molecular complexity index is 755. The van der Waals surface area contributed by atoms with E-state index >= 15 is 0 Å². The Morgan fingerprint density at radius 1 is 0.882 bits per heavy atom. The average Bonchev–Trinajstić information content (AvgIpc) is 2.72. The molecule has 194 valence electrons. The van der Waals surface area contributed by atoms with Gasteiger partial charge in [0.05, 0.1) is 13.0 Å². The first-order chi connectivity index (χ1) is 15.8. The van der Waals surface area contributed by atoms with Gasteiger partial charge in [-0.05, 0) is 25.2 Å². The average molecular weight is 490 g/mol. The van der Waals surface area contributed by atoms with Crippen molar-refractivity contribution in [2.45, 2.75) is 63.7 Å². The smallest absolute Gasteiger partial charge is 0.326 e. The van der Waals surface area contributed by atoms with E-state index in [2.05, 4.69) is 20.9 Å². The van der Waals surface area contributed by atoms with Crippen molar-refractivity contribution in [3.63, 3.8) is 0 Å². The van der Waals surface area contributed by atoms with Gasteiger partial charge in [-0.2, -0.15) is 0 Å². The Morgan fingerprint density at radius 3 is 1.88 bits per heavy atom. The maximum Gasteiger partial charge on any atom is 0.326 e. The van der Waals surface area contributed by atoms with Gasteiger partial charge in [0.15, 0.2) is 5.96 Å². The summed E-state index contributed by atoms with van der Waals surface area (Å²) in [6.07, 6.45) is -0.564. The van der Waals surface area contributed by atoms with Crippen LogP contribution in [0, 0.1) is 5.92 Å². The third-order valence-electron chi connectivity index (χ3n) is 4.45. The Morgan fingerprint density at radius 2 is 1.41 bits per heavy atom. The van der Waals surface area contributed by atoms with Crippen molar-refractivity contribution in [3.05, 3.63) is 0 Å². The molecule has 0 aromatic heterocycles. The van der Waals surface area contributed by atoms with Crippen LogP contribution < -0.4 is 33.2 Å². The van der Waals surface area contributed by atoms with Gasteiger partial charge < -0.3 is 48.5 Å². The summed E-state index contributed by atoms with van der Waals surface area (Å²) in [4.78, 5) is 63.8. The molecular formula is C19H35N7O8. The summed E-state index contributed by atoms with van der Waals surface area (Å²) in [5, 5.41) is 34.3. The van der Waals surface area contributed by atoms with Gasteiger partial charge in [-0.3, -0.25) is 24.2 Å². The standard InChI is InChI=1S/C19H35N7O8/c1-9(2)6-12(25-15(30)10(20)8-27)16(31)26-13(7-14(28)29)17(32)24-11(18(33)34)4-3-5-23-19(21)22/h9-13,27H,3-8,20H2,1-2H3,(H,24,32)(H,25,30)(H,26,31)(H,28,29)(H,33,34)(H4,21,22,23). The zero-order valence-corrected chi connectivity index (χ0v) is 19.2. The molecule has 0 fully saturated rings.